The maximum absolute atomic E-state index is 0. The minimum atomic E-state index is 0. The van der Waals surface area contributed by atoms with E-state index in [-0.39, 0.29) is 63.6 Å². The molecule has 3 N–H and O–H groups in total. The third kappa shape index (κ3) is 31.4. The number of hydrogen-bond donors (Lipinski definition) is 1. The molecule has 1 nitrogen and oxygen atoms in total. The first kappa shape index (κ1) is 93.2. The third-order valence-electron chi connectivity index (χ3n) is 0. The molecule has 0 aliphatic carbocycles. The molecule has 0 heterocycles. The van der Waals surface area contributed by atoms with Crippen LogP contribution in [0.5, 0.6) is 0 Å². The molecule has 0 rings (SSSR count). The Bertz CT molecular complexity index is 11.6. The Morgan fingerprint density at radius 2 is 1.00 bits per heavy atom. The standard InChI is InChI=1S/CH4.Al.H3N.H4Si.Ti.3H/h1H4;;1H3;1H4;;;;. The summed E-state index contributed by atoms with van der Waals surface area (Å²) in [5, 5.41) is 0. The Balaban J connectivity index is 0. The van der Waals surface area contributed by atoms with Crippen LogP contribution in [-0.4, -0.2) is 28.3 Å². The average Bonchev–Trinajstić information content (AvgIpc) is 0. The van der Waals surface area contributed by atoms with Gasteiger partial charge in [-0.25, -0.2) is 0 Å². The quantitative estimate of drug-likeness (QED) is 0.397. The van der Waals surface area contributed by atoms with Gasteiger partial charge < -0.3 is 6.15 Å². The summed E-state index contributed by atoms with van der Waals surface area (Å²) in [7, 11) is 0. The summed E-state index contributed by atoms with van der Waals surface area (Å²) < 4.78 is 0. The van der Waals surface area contributed by atoms with Gasteiger partial charge in [0, 0.05) is 21.7 Å². The maximum atomic E-state index is 0. The molecule has 4 heteroatoms. The van der Waals surface area contributed by atoms with E-state index in [0.29, 0.717) is 0 Å². The van der Waals surface area contributed by atoms with Crippen molar-refractivity contribution in [1.29, 1.82) is 0 Å². The van der Waals surface area contributed by atoms with Gasteiger partial charge >= 0.3 is 0 Å². The molecule has 0 aromatic rings. The van der Waals surface area contributed by atoms with Crippen molar-refractivity contribution in [2.24, 2.45) is 0 Å². The third-order valence-corrected chi connectivity index (χ3v) is 0. The predicted octanol–water partition coefficient (Wildman–Crippen LogP) is -1.84. The SMILES string of the molecule is C.N.[AlH3].[SiH4].[Ti]. The fourth-order valence-corrected chi connectivity index (χ4v) is 0. The topological polar surface area (TPSA) is 35.0 Å². The summed E-state index contributed by atoms with van der Waals surface area (Å²) in [6.07, 6.45) is 0. The van der Waals surface area contributed by atoms with Gasteiger partial charge in [-0.1, -0.05) is 7.43 Å². The van der Waals surface area contributed by atoms with Crippen molar-refractivity contribution < 1.29 is 21.7 Å². The Morgan fingerprint density at radius 3 is 1.00 bits per heavy atom. The normalized spacial score (nSPS) is 0. The van der Waals surface area contributed by atoms with Gasteiger partial charge in [0.1, 0.15) is 0 Å². The summed E-state index contributed by atoms with van der Waals surface area (Å²) in [6.45, 7) is 0. The number of hydrogen-bond acceptors (Lipinski definition) is 1. The van der Waals surface area contributed by atoms with Crippen LogP contribution in [0.25, 0.3) is 0 Å². The van der Waals surface area contributed by atoms with Gasteiger partial charge in [-0.3, -0.25) is 0 Å². The van der Waals surface area contributed by atoms with E-state index in [9.17, 15) is 0 Å². The molecule has 0 fully saturated rings. The smallest absolute Gasteiger partial charge is 0.187 e. The van der Waals surface area contributed by atoms with Crippen LogP contribution < -0.4 is 6.15 Å². The largest absolute Gasteiger partial charge is 0.344 e. The zero-order valence-corrected chi connectivity index (χ0v) is 2.77. The second-order valence-corrected chi connectivity index (χ2v) is 0. The summed E-state index contributed by atoms with van der Waals surface area (Å²) in [4.78, 5) is 0. The van der Waals surface area contributed by atoms with Crippen molar-refractivity contribution in [1.82, 2.24) is 6.15 Å². The monoisotopic (exact) mass is 143 g/mol. The van der Waals surface area contributed by atoms with E-state index in [0.717, 1.165) is 0 Å². The van der Waals surface area contributed by atoms with Gasteiger partial charge in [-0.15, -0.1) is 0 Å². The molecule has 0 radical (unpaired) electrons. The zero-order valence-electron chi connectivity index (χ0n) is 1.21. The molecule has 0 atom stereocenters. The van der Waals surface area contributed by atoms with E-state index >= 15 is 0 Å². The summed E-state index contributed by atoms with van der Waals surface area (Å²) in [5.74, 6) is 0. The molecule has 0 aliphatic heterocycles. The first-order valence-corrected chi connectivity index (χ1v) is 0. The molecule has 0 amide bonds. The first-order valence-electron chi connectivity index (χ1n) is 0. The first-order chi connectivity index (χ1) is 0. The van der Waals surface area contributed by atoms with Crippen LogP contribution in [0.4, 0.5) is 0 Å². The van der Waals surface area contributed by atoms with Crippen LogP contribution in [-0.2, 0) is 21.7 Å². The number of rotatable bonds is 0. The van der Waals surface area contributed by atoms with E-state index in [1.54, 1.807) is 0 Å². The van der Waals surface area contributed by atoms with Crippen LogP contribution in [0.1, 0.15) is 7.43 Å². The summed E-state index contributed by atoms with van der Waals surface area (Å²) >= 11 is 0. The van der Waals surface area contributed by atoms with Crippen LogP contribution in [0.15, 0.2) is 0 Å². The van der Waals surface area contributed by atoms with Gasteiger partial charge in [-0.05, 0) is 11.0 Å². The molecule has 0 spiro atoms. The molecule has 0 bridgehead atoms. The molecule has 0 aromatic carbocycles. The molecule has 5 heavy (non-hydrogen) atoms. The average molecular weight is 143 g/mol. The maximum Gasteiger partial charge on any atom is 0.187 e. The van der Waals surface area contributed by atoms with E-state index in [1.807, 2.05) is 0 Å². The molecule has 0 aromatic heterocycles. The van der Waals surface area contributed by atoms with E-state index in [1.165, 1.54) is 0 Å². The fourth-order valence-electron chi connectivity index (χ4n) is 0. The van der Waals surface area contributed by atoms with E-state index in [2.05, 4.69) is 0 Å². The van der Waals surface area contributed by atoms with Crippen molar-refractivity contribution in [3.8, 4) is 0 Å². The molecule has 0 aliphatic rings. The van der Waals surface area contributed by atoms with E-state index in [4.69, 9.17) is 0 Å². The van der Waals surface area contributed by atoms with Crippen LogP contribution in [0.2, 0.25) is 0 Å². The molecule has 0 unspecified atom stereocenters. The zero-order chi connectivity index (χ0) is 0. The van der Waals surface area contributed by atoms with Gasteiger partial charge in [0.05, 0.1) is 0 Å². The molecule has 34 valence electrons. The second-order valence-electron chi connectivity index (χ2n) is 0. The molecule has 0 saturated carbocycles. The Labute approximate surface area is 63.5 Å². The van der Waals surface area contributed by atoms with Gasteiger partial charge in [0.2, 0.25) is 0 Å². The Kier molecular flexibility index (Phi) is 976. The predicted molar refractivity (Wildman–Crippen MR) is 33.0 cm³/mol. The van der Waals surface area contributed by atoms with Gasteiger partial charge in [-0.2, -0.15) is 0 Å². The summed E-state index contributed by atoms with van der Waals surface area (Å²) in [6, 6.07) is 0. The molecule has 0 saturated heterocycles. The Hall–Kier alpha value is 1.42. The van der Waals surface area contributed by atoms with E-state index < -0.39 is 0 Å². The second kappa shape index (κ2) is 52.4. The van der Waals surface area contributed by atoms with Crippen molar-refractivity contribution >= 4 is 28.3 Å². The fraction of sp³-hybridized carbons (Fsp3) is 1.00. The molecular formula is CH14AlNSiTi. The van der Waals surface area contributed by atoms with Gasteiger partial charge in [0.25, 0.3) is 0 Å². The minimum absolute atomic E-state index is 0. The van der Waals surface area contributed by atoms with Crippen molar-refractivity contribution in [3.63, 3.8) is 0 Å². The van der Waals surface area contributed by atoms with Crippen LogP contribution in [0.3, 0.4) is 0 Å². The summed E-state index contributed by atoms with van der Waals surface area (Å²) in [5.41, 5.74) is 0. The van der Waals surface area contributed by atoms with Gasteiger partial charge in [0.15, 0.2) is 17.4 Å². The van der Waals surface area contributed by atoms with Crippen molar-refractivity contribution in [2.75, 3.05) is 0 Å². The van der Waals surface area contributed by atoms with Crippen LogP contribution in [0, 0.1) is 0 Å². The Morgan fingerprint density at radius 1 is 1.00 bits per heavy atom. The van der Waals surface area contributed by atoms with Crippen molar-refractivity contribution in [2.45, 2.75) is 7.43 Å². The minimum Gasteiger partial charge on any atom is -0.344 e. The molecular weight excluding hydrogens is 129 g/mol. The van der Waals surface area contributed by atoms with Crippen molar-refractivity contribution in [3.05, 3.63) is 0 Å². The van der Waals surface area contributed by atoms with Crippen LogP contribution >= 0.6 is 0 Å².